The molecule has 0 fully saturated rings. The van der Waals surface area contributed by atoms with E-state index >= 15 is 0 Å². The molecule has 0 bridgehead atoms. The lowest BCUT2D eigenvalue weighted by Crippen LogP contribution is -2.22. The largest absolute Gasteiger partial charge is 0.350 e. The van der Waals surface area contributed by atoms with E-state index in [0.717, 1.165) is 5.57 Å². The lowest BCUT2D eigenvalue weighted by atomic mass is 10.3. The highest BCUT2D eigenvalue weighted by atomic mass is 32.1. The molecule has 0 radical (unpaired) electrons. The molecule has 0 saturated carbocycles. The predicted molar refractivity (Wildman–Crippen MR) is 60.2 cm³/mol. The van der Waals surface area contributed by atoms with Crippen LogP contribution in [0.3, 0.4) is 0 Å². The molecule has 0 saturated heterocycles. The van der Waals surface area contributed by atoms with Gasteiger partial charge in [-0.3, -0.25) is 4.98 Å². The molecule has 6 heteroatoms. The van der Waals surface area contributed by atoms with Crippen molar-refractivity contribution in [3.63, 3.8) is 0 Å². The van der Waals surface area contributed by atoms with Crippen LogP contribution in [0.1, 0.15) is 0 Å². The van der Waals surface area contributed by atoms with E-state index in [9.17, 15) is 4.79 Å². The quantitative estimate of drug-likeness (QED) is 0.603. The Morgan fingerprint density at radius 2 is 2.40 bits per heavy atom. The van der Waals surface area contributed by atoms with E-state index in [4.69, 9.17) is 0 Å². The van der Waals surface area contributed by atoms with Gasteiger partial charge in [0.05, 0.1) is 12.7 Å². The van der Waals surface area contributed by atoms with E-state index < -0.39 is 0 Å². The SMILES string of the molecule is C=C(CS)Cn1nc2cnccn2c1=O. The first-order valence-electron chi connectivity index (χ1n) is 4.39. The molecule has 0 amide bonds. The number of hydrogen-bond acceptors (Lipinski definition) is 4. The second-order valence-electron chi connectivity index (χ2n) is 3.15. The summed E-state index contributed by atoms with van der Waals surface area (Å²) in [6.45, 7) is 4.17. The molecule has 0 atom stereocenters. The van der Waals surface area contributed by atoms with Crippen molar-refractivity contribution >= 4 is 18.3 Å². The van der Waals surface area contributed by atoms with E-state index in [1.807, 2.05) is 0 Å². The predicted octanol–water partition coefficient (Wildman–Crippen LogP) is 0.377. The van der Waals surface area contributed by atoms with Crippen LogP contribution in [0.4, 0.5) is 0 Å². The van der Waals surface area contributed by atoms with Crippen LogP contribution in [0, 0.1) is 0 Å². The molecular formula is C9H10N4OS. The second-order valence-corrected chi connectivity index (χ2v) is 3.47. The van der Waals surface area contributed by atoms with Crippen LogP contribution in [0.25, 0.3) is 5.65 Å². The van der Waals surface area contributed by atoms with Crippen molar-refractivity contribution in [1.29, 1.82) is 0 Å². The van der Waals surface area contributed by atoms with Gasteiger partial charge in [0, 0.05) is 18.1 Å². The highest BCUT2D eigenvalue weighted by Gasteiger charge is 2.06. The van der Waals surface area contributed by atoms with Crippen molar-refractivity contribution in [3.8, 4) is 0 Å². The van der Waals surface area contributed by atoms with Gasteiger partial charge >= 0.3 is 5.69 Å². The monoisotopic (exact) mass is 222 g/mol. The first kappa shape index (κ1) is 9.97. The van der Waals surface area contributed by atoms with E-state index in [0.29, 0.717) is 17.9 Å². The molecule has 0 aliphatic heterocycles. The van der Waals surface area contributed by atoms with E-state index in [-0.39, 0.29) is 5.69 Å². The molecule has 78 valence electrons. The molecule has 0 N–H and O–H groups in total. The van der Waals surface area contributed by atoms with Crippen LogP contribution in [0.2, 0.25) is 0 Å². The Kier molecular flexibility index (Phi) is 2.59. The summed E-state index contributed by atoms with van der Waals surface area (Å²) in [6.07, 6.45) is 4.68. The third-order valence-corrected chi connectivity index (χ3v) is 2.43. The number of aromatic nitrogens is 4. The lowest BCUT2D eigenvalue weighted by molar-refractivity contribution is 0.653. The van der Waals surface area contributed by atoms with E-state index in [1.165, 1.54) is 9.08 Å². The fourth-order valence-electron chi connectivity index (χ4n) is 1.24. The molecule has 0 aliphatic rings. The van der Waals surface area contributed by atoms with Gasteiger partial charge in [-0.05, 0) is 5.57 Å². The van der Waals surface area contributed by atoms with Gasteiger partial charge in [-0.25, -0.2) is 13.9 Å². The number of hydrogen-bond donors (Lipinski definition) is 1. The van der Waals surface area contributed by atoms with Crippen LogP contribution in [-0.4, -0.2) is 24.9 Å². The summed E-state index contributed by atoms with van der Waals surface area (Å²) in [7, 11) is 0. The Labute approximate surface area is 91.5 Å². The maximum absolute atomic E-state index is 11.7. The first-order chi connectivity index (χ1) is 7.22. The van der Waals surface area contributed by atoms with Crippen LogP contribution in [0.15, 0.2) is 35.5 Å². The van der Waals surface area contributed by atoms with Gasteiger partial charge < -0.3 is 0 Å². The molecule has 2 aromatic heterocycles. The number of rotatable bonds is 3. The Bertz CT molecular complexity index is 556. The molecule has 0 aromatic carbocycles. The summed E-state index contributed by atoms with van der Waals surface area (Å²) in [5, 5.41) is 4.11. The minimum atomic E-state index is -0.185. The summed E-state index contributed by atoms with van der Waals surface area (Å²) in [4.78, 5) is 15.6. The van der Waals surface area contributed by atoms with Gasteiger partial charge in [0.15, 0.2) is 5.65 Å². The van der Waals surface area contributed by atoms with Gasteiger partial charge in [0.25, 0.3) is 0 Å². The van der Waals surface area contributed by atoms with Crippen LogP contribution in [-0.2, 0) is 6.54 Å². The van der Waals surface area contributed by atoms with E-state index in [2.05, 4.69) is 29.3 Å². The zero-order valence-electron chi connectivity index (χ0n) is 8.00. The standard InChI is InChI=1S/C9H10N4OS/c1-7(6-15)5-13-9(14)12-3-2-10-4-8(12)11-13/h2-4,15H,1,5-6H2. The van der Waals surface area contributed by atoms with Gasteiger partial charge in [-0.1, -0.05) is 6.58 Å². The summed E-state index contributed by atoms with van der Waals surface area (Å²) >= 11 is 4.08. The van der Waals surface area contributed by atoms with Crippen molar-refractivity contribution in [2.45, 2.75) is 6.54 Å². The molecule has 0 unspecified atom stereocenters. The summed E-state index contributed by atoms with van der Waals surface area (Å²) in [5.41, 5.74) is 1.20. The highest BCUT2D eigenvalue weighted by Crippen LogP contribution is 1.98. The fraction of sp³-hybridized carbons (Fsp3) is 0.222. The molecule has 2 rings (SSSR count). The lowest BCUT2D eigenvalue weighted by Gasteiger charge is -1.98. The van der Waals surface area contributed by atoms with Gasteiger partial charge in [0.2, 0.25) is 0 Å². The average molecular weight is 222 g/mol. The van der Waals surface area contributed by atoms with Crippen LogP contribution in [0.5, 0.6) is 0 Å². The topological polar surface area (TPSA) is 52.2 Å². The van der Waals surface area contributed by atoms with Crippen molar-refractivity contribution in [3.05, 3.63) is 41.2 Å². The number of fused-ring (bicyclic) bond motifs is 1. The molecule has 5 nitrogen and oxygen atoms in total. The molecular weight excluding hydrogens is 212 g/mol. The van der Waals surface area contributed by atoms with Crippen molar-refractivity contribution in [1.82, 2.24) is 19.2 Å². The molecule has 0 aliphatic carbocycles. The van der Waals surface area contributed by atoms with Gasteiger partial charge in [0.1, 0.15) is 0 Å². The maximum Gasteiger partial charge on any atom is 0.350 e. The third-order valence-electron chi connectivity index (χ3n) is 1.99. The van der Waals surface area contributed by atoms with Crippen LogP contribution >= 0.6 is 12.6 Å². The normalized spacial score (nSPS) is 10.7. The Hall–Kier alpha value is -1.56. The highest BCUT2D eigenvalue weighted by molar-refractivity contribution is 7.80. The summed E-state index contributed by atoms with van der Waals surface area (Å²) in [5.74, 6) is 0.540. The van der Waals surface area contributed by atoms with Crippen molar-refractivity contribution < 1.29 is 0 Å². The smallest absolute Gasteiger partial charge is 0.259 e. The molecule has 2 heterocycles. The number of nitrogens with zero attached hydrogens (tertiary/aromatic N) is 4. The third kappa shape index (κ3) is 1.80. The van der Waals surface area contributed by atoms with Gasteiger partial charge in [-0.2, -0.15) is 12.6 Å². The minimum absolute atomic E-state index is 0.185. The Balaban J connectivity index is 2.49. The summed E-state index contributed by atoms with van der Waals surface area (Å²) < 4.78 is 2.80. The molecule has 15 heavy (non-hydrogen) atoms. The number of thiol groups is 1. The fourth-order valence-corrected chi connectivity index (χ4v) is 1.34. The maximum atomic E-state index is 11.7. The van der Waals surface area contributed by atoms with Crippen molar-refractivity contribution in [2.75, 3.05) is 5.75 Å². The zero-order chi connectivity index (χ0) is 10.8. The minimum Gasteiger partial charge on any atom is -0.259 e. The first-order valence-corrected chi connectivity index (χ1v) is 5.02. The van der Waals surface area contributed by atoms with E-state index in [1.54, 1.807) is 18.6 Å². The zero-order valence-corrected chi connectivity index (χ0v) is 8.89. The Morgan fingerprint density at radius 3 is 3.07 bits per heavy atom. The Morgan fingerprint density at radius 1 is 1.60 bits per heavy atom. The average Bonchev–Trinajstić information content (AvgIpc) is 2.57. The van der Waals surface area contributed by atoms with Gasteiger partial charge in [-0.15, -0.1) is 5.10 Å². The summed E-state index contributed by atoms with van der Waals surface area (Å²) in [6, 6.07) is 0. The second kappa shape index (κ2) is 3.90. The molecule has 0 spiro atoms. The van der Waals surface area contributed by atoms with Crippen molar-refractivity contribution in [2.24, 2.45) is 0 Å². The van der Waals surface area contributed by atoms with Crippen LogP contribution < -0.4 is 5.69 Å². The molecule has 2 aromatic rings.